The van der Waals surface area contributed by atoms with Crippen molar-refractivity contribution < 1.29 is 0 Å². The summed E-state index contributed by atoms with van der Waals surface area (Å²) in [5.41, 5.74) is 0. The zero-order valence-electron chi connectivity index (χ0n) is 7.10. The van der Waals surface area contributed by atoms with Gasteiger partial charge in [-0.3, -0.25) is 0 Å². The molecule has 0 amide bonds. The SMILES string of the molecule is [CH2]C#CCCN1CCCCC1. The van der Waals surface area contributed by atoms with E-state index in [1.165, 1.54) is 32.4 Å². The summed E-state index contributed by atoms with van der Waals surface area (Å²) in [5.74, 6) is 5.67. The second-order valence-corrected chi connectivity index (χ2v) is 3.01. The Balaban J connectivity index is 2.08. The molecule has 1 heterocycles. The van der Waals surface area contributed by atoms with Crippen LogP contribution in [0.15, 0.2) is 0 Å². The molecule has 1 heteroatoms. The maximum Gasteiger partial charge on any atom is 0.0217 e. The van der Waals surface area contributed by atoms with Crippen LogP contribution in [-0.2, 0) is 0 Å². The molecule has 1 aliphatic heterocycles. The van der Waals surface area contributed by atoms with Gasteiger partial charge in [0.1, 0.15) is 0 Å². The number of nitrogens with zero attached hydrogens (tertiary/aromatic N) is 1. The van der Waals surface area contributed by atoms with Crippen molar-refractivity contribution in [2.24, 2.45) is 0 Å². The van der Waals surface area contributed by atoms with E-state index in [0.717, 1.165) is 13.0 Å². The molecule has 0 spiro atoms. The van der Waals surface area contributed by atoms with E-state index in [-0.39, 0.29) is 0 Å². The van der Waals surface area contributed by atoms with Gasteiger partial charge in [0, 0.05) is 19.9 Å². The van der Waals surface area contributed by atoms with Crippen molar-refractivity contribution >= 4 is 0 Å². The first-order valence-corrected chi connectivity index (χ1v) is 4.41. The van der Waals surface area contributed by atoms with Crippen LogP contribution < -0.4 is 0 Å². The van der Waals surface area contributed by atoms with Gasteiger partial charge in [0.15, 0.2) is 0 Å². The Hall–Kier alpha value is -0.480. The lowest BCUT2D eigenvalue weighted by molar-refractivity contribution is 0.234. The highest BCUT2D eigenvalue weighted by Crippen LogP contribution is 2.08. The Labute approximate surface area is 69.8 Å². The first kappa shape index (κ1) is 8.62. The van der Waals surface area contributed by atoms with Gasteiger partial charge in [-0.05, 0) is 25.9 Å². The smallest absolute Gasteiger partial charge is 0.0217 e. The number of likely N-dealkylation sites (tertiary alicyclic amines) is 1. The number of rotatable bonds is 2. The molecule has 0 aromatic carbocycles. The second kappa shape index (κ2) is 5.21. The molecule has 0 aliphatic carbocycles. The van der Waals surface area contributed by atoms with E-state index in [2.05, 4.69) is 23.7 Å². The number of hydrogen-bond acceptors (Lipinski definition) is 1. The Morgan fingerprint density at radius 2 is 1.91 bits per heavy atom. The Bertz CT molecular complexity index is 146. The van der Waals surface area contributed by atoms with E-state index >= 15 is 0 Å². The minimum atomic E-state index is 0.990. The molecular formula is C10H16N. The third kappa shape index (κ3) is 3.43. The van der Waals surface area contributed by atoms with Crippen LogP contribution in [0.3, 0.4) is 0 Å². The van der Waals surface area contributed by atoms with Crippen LogP contribution >= 0.6 is 0 Å². The number of hydrogen-bond donors (Lipinski definition) is 0. The highest BCUT2D eigenvalue weighted by atomic mass is 15.1. The fourth-order valence-corrected chi connectivity index (χ4v) is 1.49. The molecule has 61 valence electrons. The van der Waals surface area contributed by atoms with E-state index in [4.69, 9.17) is 0 Å². The maximum atomic E-state index is 3.49. The molecule has 0 aromatic heterocycles. The minimum Gasteiger partial charge on any atom is -0.302 e. The van der Waals surface area contributed by atoms with Gasteiger partial charge in [-0.25, -0.2) is 0 Å². The molecule has 0 aromatic rings. The van der Waals surface area contributed by atoms with Gasteiger partial charge in [-0.1, -0.05) is 6.42 Å². The lowest BCUT2D eigenvalue weighted by atomic mass is 10.1. The van der Waals surface area contributed by atoms with Crippen LogP contribution in [-0.4, -0.2) is 24.5 Å². The third-order valence-corrected chi connectivity index (χ3v) is 2.13. The molecule has 0 bridgehead atoms. The largest absolute Gasteiger partial charge is 0.302 e. The summed E-state index contributed by atoms with van der Waals surface area (Å²) >= 11 is 0. The van der Waals surface area contributed by atoms with Gasteiger partial charge in [-0.15, -0.1) is 11.8 Å². The summed E-state index contributed by atoms with van der Waals surface area (Å²) in [7, 11) is 0. The summed E-state index contributed by atoms with van der Waals surface area (Å²) in [5, 5.41) is 0. The summed E-state index contributed by atoms with van der Waals surface area (Å²) < 4.78 is 0. The average Bonchev–Trinajstić information content (AvgIpc) is 2.07. The molecule has 1 saturated heterocycles. The van der Waals surface area contributed by atoms with Crippen LogP contribution in [0.25, 0.3) is 0 Å². The lowest BCUT2D eigenvalue weighted by Gasteiger charge is -2.25. The molecule has 1 fully saturated rings. The van der Waals surface area contributed by atoms with Gasteiger partial charge in [0.25, 0.3) is 0 Å². The second-order valence-electron chi connectivity index (χ2n) is 3.01. The summed E-state index contributed by atoms with van der Waals surface area (Å²) in [6.07, 6.45) is 5.15. The van der Waals surface area contributed by atoms with Crippen LogP contribution in [0, 0.1) is 18.8 Å². The number of piperidine rings is 1. The monoisotopic (exact) mass is 150 g/mol. The fourth-order valence-electron chi connectivity index (χ4n) is 1.49. The fraction of sp³-hybridized carbons (Fsp3) is 0.700. The minimum absolute atomic E-state index is 0.990. The van der Waals surface area contributed by atoms with Gasteiger partial charge in [0.2, 0.25) is 0 Å². The quantitative estimate of drug-likeness (QED) is 0.541. The van der Waals surface area contributed by atoms with Crippen LogP contribution in [0.4, 0.5) is 0 Å². The molecule has 1 aliphatic rings. The Morgan fingerprint density at radius 1 is 1.18 bits per heavy atom. The van der Waals surface area contributed by atoms with Gasteiger partial charge in [-0.2, -0.15) is 0 Å². The predicted octanol–water partition coefficient (Wildman–Crippen LogP) is 1.70. The maximum absolute atomic E-state index is 3.49. The summed E-state index contributed by atoms with van der Waals surface area (Å²) in [6.45, 7) is 7.18. The third-order valence-electron chi connectivity index (χ3n) is 2.13. The van der Waals surface area contributed by atoms with Crippen molar-refractivity contribution in [3.63, 3.8) is 0 Å². The van der Waals surface area contributed by atoms with Gasteiger partial charge < -0.3 is 4.90 Å². The van der Waals surface area contributed by atoms with Gasteiger partial charge >= 0.3 is 0 Å². The lowest BCUT2D eigenvalue weighted by Crippen LogP contribution is -2.30. The van der Waals surface area contributed by atoms with Crippen molar-refractivity contribution in [2.75, 3.05) is 19.6 Å². The first-order valence-electron chi connectivity index (χ1n) is 4.41. The summed E-state index contributed by atoms with van der Waals surface area (Å²) in [6, 6.07) is 0. The molecule has 0 N–H and O–H groups in total. The zero-order chi connectivity index (χ0) is 7.94. The normalized spacial score (nSPS) is 19.0. The Morgan fingerprint density at radius 3 is 2.55 bits per heavy atom. The topological polar surface area (TPSA) is 3.24 Å². The van der Waals surface area contributed by atoms with Crippen molar-refractivity contribution in [1.82, 2.24) is 4.90 Å². The van der Waals surface area contributed by atoms with Crippen molar-refractivity contribution in [3.05, 3.63) is 6.92 Å². The van der Waals surface area contributed by atoms with E-state index in [1.54, 1.807) is 0 Å². The molecule has 1 radical (unpaired) electrons. The zero-order valence-corrected chi connectivity index (χ0v) is 7.10. The Kier molecular flexibility index (Phi) is 4.08. The summed E-state index contributed by atoms with van der Waals surface area (Å²) in [4.78, 5) is 2.49. The molecule has 0 unspecified atom stereocenters. The highest BCUT2D eigenvalue weighted by molar-refractivity contribution is 5.01. The van der Waals surface area contributed by atoms with Crippen molar-refractivity contribution in [2.45, 2.75) is 25.7 Å². The predicted molar refractivity (Wildman–Crippen MR) is 48.0 cm³/mol. The molecule has 11 heavy (non-hydrogen) atoms. The van der Waals surface area contributed by atoms with E-state index in [9.17, 15) is 0 Å². The average molecular weight is 150 g/mol. The van der Waals surface area contributed by atoms with Gasteiger partial charge in [0.05, 0.1) is 0 Å². The van der Waals surface area contributed by atoms with Crippen LogP contribution in [0.1, 0.15) is 25.7 Å². The molecule has 0 saturated carbocycles. The van der Waals surface area contributed by atoms with E-state index in [1.807, 2.05) is 0 Å². The molecular weight excluding hydrogens is 134 g/mol. The highest BCUT2D eigenvalue weighted by Gasteiger charge is 2.07. The van der Waals surface area contributed by atoms with Crippen LogP contribution in [0.5, 0.6) is 0 Å². The van der Waals surface area contributed by atoms with Crippen LogP contribution in [0.2, 0.25) is 0 Å². The van der Waals surface area contributed by atoms with Crippen molar-refractivity contribution in [1.29, 1.82) is 0 Å². The van der Waals surface area contributed by atoms with E-state index < -0.39 is 0 Å². The van der Waals surface area contributed by atoms with Crippen molar-refractivity contribution in [3.8, 4) is 11.8 Å². The molecule has 1 rings (SSSR count). The first-order chi connectivity index (χ1) is 5.43. The van der Waals surface area contributed by atoms with E-state index in [0.29, 0.717) is 0 Å². The standard InChI is InChI=1S/C10H16N/c1-2-3-5-8-11-9-6-4-7-10-11/h1,4-10H2. The molecule has 1 nitrogen and oxygen atoms in total. The molecule has 0 atom stereocenters.